The van der Waals surface area contributed by atoms with Gasteiger partial charge in [0.25, 0.3) is 0 Å². The van der Waals surface area contributed by atoms with Crippen molar-refractivity contribution in [2.45, 2.75) is 19.8 Å². The van der Waals surface area contributed by atoms with E-state index in [4.69, 9.17) is 9.26 Å². The van der Waals surface area contributed by atoms with Crippen LogP contribution in [0.5, 0.6) is 5.75 Å². The van der Waals surface area contributed by atoms with Crippen LogP contribution >= 0.6 is 0 Å². The molecule has 0 aliphatic rings. The highest BCUT2D eigenvalue weighted by Crippen LogP contribution is 2.23. The van der Waals surface area contributed by atoms with Crippen LogP contribution in [0, 0.1) is 6.92 Å². The molecule has 0 fully saturated rings. The van der Waals surface area contributed by atoms with E-state index in [9.17, 15) is 4.79 Å². The molecule has 132 valence electrons. The molecular formula is C21H20N2O3. The third kappa shape index (κ3) is 4.25. The molecule has 3 rings (SSSR count). The summed E-state index contributed by atoms with van der Waals surface area (Å²) < 4.78 is 10.8. The molecule has 5 heteroatoms. The van der Waals surface area contributed by atoms with Crippen LogP contribution in [0.2, 0.25) is 0 Å². The zero-order valence-corrected chi connectivity index (χ0v) is 14.8. The first-order valence-electron chi connectivity index (χ1n) is 8.47. The minimum Gasteiger partial charge on any atom is -0.494 e. The Hall–Kier alpha value is -3.21. The van der Waals surface area contributed by atoms with Crippen LogP contribution in [0.3, 0.4) is 0 Å². The van der Waals surface area contributed by atoms with Crippen molar-refractivity contribution in [1.82, 2.24) is 5.16 Å². The highest BCUT2D eigenvalue weighted by atomic mass is 16.5. The number of carbonyl (C=O) groups excluding carboxylic acids is 1. The zero-order valence-electron chi connectivity index (χ0n) is 14.8. The Kier molecular flexibility index (Phi) is 5.59. The topological polar surface area (TPSA) is 64.7 Å². The molecule has 0 saturated heterocycles. The van der Waals surface area contributed by atoms with E-state index in [0.29, 0.717) is 17.9 Å². The number of hydrogen-bond acceptors (Lipinski definition) is 5. The quantitative estimate of drug-likeness (QED) is 0.456. The minimum absolute atomic E-state index is 0.0866. The number of aliphatic imine (C=N–C) groups is 1. The van der Waals surface area contributed by atoms with Gasteiger partial charge < -0.3 is 9.26 Å². The van der Waals surface area contributed by atoms with Crippen LogP contribution in [-0.2, 0) is 0 Å². The standard InChI is InChI=1S/C21H20N2O3/c1-3-25-18-11-9-17(10-12-18)22-14-19(20-13-15(2)23-26-20)21(24)16-7-5-4-6-8-16/h4-14,19H,3H2,1-2H3. The Bertz CT molecular complexity index is 883. The van der Waals surface area contributed by atoms with Gasteiger partial charge in [-0.3, -0.25) is 9.79 Å². The lowest BCUT2D eigenvalue weighted by atomic mass is 9.96. The predicted molar refractivity (Wildman–Crippen MR) is 101 cm³/mol. The summed E-state index contributed by atoms with van der Waals surface area (Å²) >= 11 is 0. The zero-order chi connectivity index (χ0) is 18.4. The second-order valence-corrected chi connectivity index (χ2v) is 5.78. The molecule has 0 aliphatic heterocycles. The molecule has 0 saturated carbocycles. The molecule has 0 aliphatic carbocycles. The van der Waals surface area contributed by atoms with Crippen molar-refractivity contribution in [2.75, 3.05) is 6.61 Å². The molecule has 0 N–H and O–H groups in total. The fraction of sp³-hybridized carbons (Fsp3) is 0.190. The Morgan fingerprint density at radius 3 is 2.54 bits per heavy atom. The van der Waals surface area contributed by atoms with Gasteiger partial charge in [0, 0.05) is 17.8 Å². The van der Waals surface area contributed by atoms with Crippen LogP contribution in [0.25, 0.3) is 0 Å². The van der Waals surface area contributed by atoms with Gasteiger partial charge in [-0.05, 0) is 38.1 Å². The van der Waals surface area contributed by atoms with Crippen LogP contribution in [0.15, 0.2) is 70.2 Å². The van der Waals surface area contributed by atoms with Gasteiger partial charge in [-0.1, -0.05) is 35.5 Å². The predicted octanol–water partition coefficient (Wildman–Crippen LogP) is 4.75. The lowest BCUT2D eigenvalue weighted by Crippen LogP contribution is -2.13. The van der Waals surface area contributed by atoms with Gasteiger partial charge in [-0.25, -0.2) is 0 Å². The number of aryl methyl sites for hydroxylation is 1. The summed E-state index contributed by atoms with van der Waals surface area (Å²) in [5, 5.41) is 3.90. The average molecular weight is 348 g/mol. The van der Waals surface area contributed by atoms with Crippen LogP contribution in [-0.4, -0.2) is 23.8 Å². The van der Waals surface area contributed by atoms with Crippen molar-refractivity contribution in [1.29, 1.82) is 0 Å². The molecule has 0 radical (unpaired) electrons. The summed E-state index contributed by atoms with van der Waals surface area (Å²) in [6.45, 7) is 4.37. The van der Waals surface area contributed by atoms with Crippen molar-refractivity contribution < 1.29 is 14.1 Å². The molecular weight excluding hydrogens is 328 g/mol. The van der Waals surface area contributed by atoms with E-state index in [2.05, 4.69) is 10.1 Å². The second kappa shape index (κ2) is 8.25. The number of ether oxygens (including phenoxy) is 1. The van der Waals surface area contributed by atoms with Crippen LogP contribution < -0.4 is 4.74 Å². The maximum absolute atomic E-state index is 12.9. The molecule has 0 bridgehead atoms. The summed E-state index contributed by atoms with van der Waals surface area (Å²) in [4.78, 5) is 17.4. The maximum Gasteiger partial charge on any atom is 0.178 e. The van der Waals surface area contributed by atoms with E-state index in [-0.39, 0.29) is 5.78 Å². The number of rotatable bonds is 7. The third-order valence-electron chi connectivity index (χ3n) is 3.81. The summed E-state index contributed by atoms with van der Waals surface area (Å²) in [5.74, 6) is 0.543. The Morgan fingerprint density at radius 2 is 1.92 bits per heavy atom. The lowest BCUT2D eigenvalue weighted by molar-refractivity contribution is 0.0974. The Labute approximate surface area is 152 Å². The molecule has 3 aromatic rings. The van der Waals surface area contributed by atoms with E-state index in [1.165, 1.54) is 0 Å². The second-order valence-electron chi connectivity index (χ2n) is 5.78. The normalized spacial score (nSPS) is 12.2. The Morgan fingerprint density at radius 1 is 1.19 bits per heavy atom. The number of hydrogen-bond donors (Lipinski definition) is 0. The fourth-order valence-electron chi connectivity index (χ4n) is 2.54. The molecule has 1 unspecified atom stereocenters. The van der Waals surface area contributed by atoms with Crippen molar-refractivity contribution in [2.24, 2.45) is 4.99 Å². The SMILES string of the molecule is CCOc1ccc(N=CC(C(=O)c2ccccc2)c2cc(C)no2)cc1. The number of nitrogens with zero attached hydrogens (tertiary/aromatic N) is 2. The van der Waals surface area contributed by atoms with E-state index in [1.54, 1.807) is 24.4 Å². The van der Waals surface area contributed by atoms with E-state index in [0.717, 1.165) is 17.1 Å². The van der Waals surface area contributed by atoms with Gasteiger partial charge in [0.1, 0.15) is 11.7 Å². The molecule has 26 heavy (non-hydrogen) atoms. The van der Waals surface area contributed by atoms with Gasteiger partial charge in [-0.2, -0.15) is 0 Å². The first-order chi connectivity index (χ1) is 12.7. The first kappa shape index (κ1) is 17.6. The highest BCUT2D eigenvalue weighted by Gasteiger charge is 2.24. The molecule has 1 heterocycles. The summed E-state index contributed by atoms with van der Waals surface area (Å²) in [7, 11) is 0. The molecule has 1 atom stereocenters. The number of benzene rings is 2. The summed E-state index contributed by atoms with van der Waals surface area (Å²) in [6, 6.07) is 18.2. The van der Waals surface area contributed by atoms with Gasteiger partial charge in [-0.15, -0.1) is 0 Å². The molecule has 0 spiro atoms. The monoisotopic (exact) mass is 348 g/mol. The highest BCUT2D eigenvalue weighted by molar-refractivity contribution is 6.10. The largest absolute Gasteiger partial charge is 0.494 e. The fourth-order valence-corrected chi connectivity index (χ4v) is 2.54. The van der Waals surface area contributed by atoms with Crippen molar-refractivity contribution >= 4 is 17.7 Å². The van der Waals surface area contributed by atoms with Gasteiger partial charge in [0.2, 0.25) is 0 Å². The van der Waals surface area contributed by atoms with Gasteiger partial charge >= 0.3 is 0 Å². The van der Waals surface area contributed by atoms with E-state index in [1.807, 2.05) is 56.3 Å². The van der Waals surface area contributed by atoms with Crippen molar-refractivity contribution in [3.05, 3.63) is 77.7 Å². The molecule has 0 amide bonds. The maximum atomic E-state index is 12.9. The van der Waals surface area contributed by atoms with Crippen molar-refractivity contribution in [3.63, 3.8) is 0 Å². The van der Waals surface area contributed by atoms with Crippen LogP contribution in [0.4, 0.5) is 5.69 Å². The van der Waals surface area contributed by atoms with Gasteiger partial charge in [0.05, 0.1) is 18.0 Å². The summed E-state index contributed by atoms with van der Waals surface area (Å²) in [5.41, 5.74) is 2.06. The van der Waals surface area contributed by atoms with Crippen LogP contribution in [0.1, 0.15) is 34.7 Å². The molecule has 1 aromatic heterocycles. The van der Waals surface area contributed by atoms with E-state index < -0.39 is 5.92 Å². The average Bonchev–Trinajstić information content (AvgIpc) is 3.10. The van der Waals surface area contributed by atoms with Gasteiger partial charge in [0.15, 0.2) is 11.5 Å². The third-order valence-corrected chi connectivity index (χ3v) is 3.81. The lowest BCUT2D eigenvalue weighted by Gasteiger charge is -2.08. The number of aromatic nitrogens is 1. The number of Topliss-reactive ketones (excluding diaryl/α,β-unsaturated/α-hetero) is 1. The van der Waals surface area contributed by atoms with E-state index >= 15 is 0 Å². The smallest absolute Gasteiger partial charge is 0.178 e. The number of carbonyl (C=O) groups is 1. The molecule has 2 aromatic carbocycles. The molecule has 5 nitrogen and oxygen atoms in total. The van der Waals surface area contributed by atoms with Crippen molar-refractivity contribution in [3.8, 4) is 5.75 Å². The number of ketones is 1. The summed E-state index contributed by atoms with van der Waals surface area (Å²) in [6.07, 6.45) is 1.60. The first-order valence-corrected chi connectivity index (χ1v) is 8.47. The minimum atomic E-state index is -0.634. The Balaban J connectivity index is 1.87.